The predicted molar refractivity (Wildman–Crippen MR) is 78.2 cm³/mol. The highest BCUT2D eigenvalue weighted by Crippen LogP contribution is 2.39. The molecule has 0 aromatic carbocycles. The summed E-state index contributed by atoms with van der Waals surface area (Å²) in [7, 11) is 1.93. The third kappa shape index (κ3) is 2.41. The molecule has 0 N–H and O–H groups in total. The first-order valence-corrected chi connectivity index (χ1v) is 7.54. The summed E-state index contributed by atoms with van der Waals surface area (Å²) in [4.78, 5) is 13.3. The van der Waals surface area contributed by atoms with E-state index in [0.717, 1.165) is 16.0 Å². The fraction of sp³-hybridized carbons (Fsp3) is 0.462. The molecule has 6 heteroatoms. The molecule has 1 aliphatic rings. The molecule has 19 heavy (non-hydrogen) atoms. The first kappa shape index (κ1) is 13.1. The molecule has 0 spiro atoms. The minimum atomic E-state index is 0.467. The number of aromatic nitrogens is 4. The number of halogens is 2. The molecule has 100 valence electrons. The van der Waals surface area contributed by atoms with Crippen LogP contribution in [-0.2, 0) is 7.05 Å². The second-order valence-electron chi connectivity index (χ2n) is 4.88. The predicted octanol–water partition coefficient (Wildman–Crippen LogP) is 3.95. The topological polar surface area (TPSA) is 43.6 Å². The zero-order valence-corrected chi connectivity index (χ0v) is 12.9. The summed E-state index contributed by atoms with van der Waals surface area (Å²) in [5, 5.41) is 0.467. The van der Waals surface area contributed by atoms with Gasteiger partial charge in [-0.15, -0.1) is 0 Å². The fourth-order valence-corrected chi connectivity index (χ4v) is 3.26. The molecule has 1 fully saturated rings. The van der Waals surface area contributed by atoms with Gasteiger partial charge in [0.05, 0.1) is 10.2 Å². The maximum absolute atomic E-state index is 6.23. The van der Waals surface area contributed by atoms with Gasteiger partial charge in [-0.05, 0) is 28.8 Å². The van der Waals surface area contributed by atoms with Crippen LogP contribution in [0, 0.1) is 0 Å². The van der Waals surface area contributed by atoms with Gasteiger partial charge in [0, 0.05) is 25.4 Å². The van der Waals surface area contributed by atoms with Crippen LogP contribution in [0.25, 0.3) is 11.6 Å². The van der Waals surface area contributed by atoms with Crippen molar-refractivity contribution in [1.82, 2.24) is 19.5 Å². The normalized spacial score (nSPS) is 16.2. The molecule has 0 amide bonds. The highest BCUT2D eigenvalue weighted by molar-refractivity contribution is 9.10. The van der Waals surface area contributed by atoms with Gasteiger partial charge in [0.1, 0.15) is 5.15 Å². The zero-order valence-electron chi connectivity index (χ0n) is 10.6. The molecular formula is C13H14BrClN4. The van der Waals surface area contributed by atoms with E-state index in [1.807, 2.05) is 17.8 Å². The van der Waals surface area contributed by atoms with Gasteiger partial charge in [-0.25, -0.2) is 15.0 Å². The average Bonchev–Trinajstić information content (AvgIpc) is 3.03. The molecule has 0 radical (unpaired) electrons. The smallest absolute Gasteiger partial charge is 0.197 e. The van der Waals surface area contributed by atoms with Gasteiger partial charge in [-0.1, -0.05) is 24.4 Å². The highest BCUT2D eigenvalue weighted by atomic mass is 79.9. The Balaban J connectivity index is 2.10. The largest absolute Gasteiger partial charge is 0.331 e. The number of nitrogens with zero attached hydrogens (tertiary/aromatic N) is 4. The van der Waals surface area contributed by atoms with Crippen LogP contribution >= 0.6 is 27.5 Å². The van der Waals surface area contributed by atoms with Crippen LogP contribution in [0.15, 0.2) is 16.9 Å². The van der Waals surface area contributed by atoms with Crippen LogP contribution in [0.5, 0.6) is 0 Å². The first-order chi connectivity index (χ1) is 9.16. The fourth-order valence-electron chi connectivity index (χ4n) is 2.59. The van der Waals surface area contributed by atoms with Crippen molar-refractivity contribution >= 4 is 27.5 Å². The molecule has 0 atom stereocenters. The maximum atomic E-state index is 6.23. The molecule has 2 heterocycles. The molecule has 0 aliphatic heterocycles. The van der Waals surface area contributed by atoms with Crippen molar-refractivity contribution in [2.75, 3.05) is 0 Å². The number of aryl methyl sites for hydroxylation is 1. The van der Waals surface area contributed by atoms with Crippen LogP contribution < -0.4 is 0 Å². The second kappa shape index (κ2) is 5.21. The van der Waals surface area contributed by atoms with Crippen molar-refractivity contribution < 1.29 is 0 Å². The molecule has 2 aromatic heterocycles. The van der Waals surface area contributed by atoms with Crippen LogP contribution in [0.4, 0.5) is 0 Å². The van der Waals surface area contributed by atoms with E-state index in [2.05, 4.69) is 25.9 Å². The Morgan fingerprint density at radius 2 is 2.05 bits per heavy atom. The number of rotatable bonds is 2. The minimum Gasteiger partial charge on any atom is -0.331 e. The van der Waals surface area contributed by atoms with E-state index in [9.17, 15) is 0 Å². The number of imidazole rings is 1. The van der Waals surface area contributed by atoms with E-state index in [1.54, 1.807) is 6.20 Å². The Bertz CT molecular complexity index is 605. The van der Waals surface area contributed by atoms with Crippen molar-refractivity contribution in [2.45, 2.75) is 31.6 Å². The van der Waals surface area contributed by atoms with Crippen LogP contribution in [0.3, 0.4) is 0 Å². The monoisotopic (exact) mass is 340 g/mol. The average molecular weight is 342 g/mol. The van der Waals surface area contributed by atoms with Gasteiger partial charge in [0.25, 0.3) is 0 Å². The maximum Gasteiger partial charge on any atom is 0.197 e. The van der Waals surface area contributed by atoms with Crippen LogP contribution in [0.2, 0.25) is 5.15 Å². The summed E-state index contributed by atoms with van der Waals surface area (Å²) in [5.74, 6) is 1.82. The molecule has 3 rings (SSSR count). The molecule has 0 saturated heterocycles. The first-order valence-electron chi connectivity index (χ1n) is 6.37. The Labute approximate surface area is 125 Å². The molecular weight excluding hydrogens is 328 g/mol. The van der Waals surface area contributed by atoms with Gasteiger partial charge in [0.15, 0.2) is 11.6 Å². The lowest BCUT2D eigenvalue weighted by molar-refractivity contribution is 0.689. The van der Waals surface area contributed by atoms with Crippen molar-refractivity contribution in [3.8, 4) is 11.6 Å². The molecule has 2 aromatic rings. The Morgan fingerprint density at radius 1 is 1.32 bits per heavy atom. The van der Waals surface area contributed by atoms with Crippen molar-refractivity contribution in [3.63, 3.8) is 0 Å². The standard InChI is InChI=1S/C13H14BrClN4/c1-19-7-6-16-13(19)12-17-10(8-4-2-3-5-8)9(14)11(15)18-12/h6-8H,2-5H2,1H3. The van der Waals surface area contributed by atoms with Crippen molar-refractivity contribution in [3.05, 3.63) is 27.7 Å². The summed E-state index contributed by atoms with van der Waals surface area (Å²) in [5.41, 5.74) is 1.02. The summed E-state index contributed by atoms with van der Waals surface area (Å²) in [6.45, 7) is 0. The molecule has 1 saturated carbocycles. The molecule has 1 aliphatic carbocycles. The number of hydrogen-bond donors (Lipinski definition) is 0. The minimum absolute atomic E-state index is 0.467. The Morgan fingerprint density at radius 3 is 2.68 bits per heavy atom. The molecule has 4 nitrogen and oxygen atoms in total. The van der Waals surface area contributed by atoms with Gasteiger partial charge in [0.2, 0.25) is 0 Å². The van der Waals surface area contributed by atoms with Crippen molar-refractivity contribution in [1.29, 1.82) is 0 Å². The Hall–Kier alpha value is -0.940. The Kier molecular flexibility index (Phi) is 3.58. The molecule has 0 unspecified atom stereocenters. The van der Waals surface area contributed by atoms with Gasteiger partial charge in [-0.2, -0.15) is 0 Å². The second-order valence-corrected chi connectivity index (χ2v) is 6.03. The quantitative estimate of drug-likeness (QED) is 0.777. The van der Waals surface area contributed by atoms with Crippen LogP contribution in [-0.4, -0.2) is 19.5 Å². The number of hydrogen-bond acceptors (Lipinski definition) is 3. The third-order valence-corrected chi connectivity index (χ3v) is 4.88. The summed E-state index contributed by atoms with van der Waals surface area (Å²) in [6.07, 6.45) is 8.48. The summed E-state index contributed by atoms with van der Waals surface area (Å²) < 4.78 is 2.73. The summed E-state index contributed by atoms with van der Waals surface area (Å²) in [6, 6.07) is 0. The zero-order chi connectivity index (χ0) is 13.4. The van der Waals surface area contributed by atoms with Crippen LogP contribution in [0.1, 0.15) is 37.3 Å². The van der Waals surface area contributed by atoms with E-state index < -0.39 is 0 Å². The van der Waals surface area contributed by atoms with E-state index >= 15 is 0 Å². The molecule has 0 bridgehead atoms. The van der Waals surface area contributed by atoms with Gasteiger partial charge in [-0.3, -0.25) is 0 Å². The lowest BCUT2D eigenvalue weighted by Gasteiger charge is -2.13. The van der Waals surface area contributed by atoms with E-state index in [1.165, 1.54) is 25.7 Å². The van der Waals surface area contributed by atoms with Gasteiger partial charge >= 0.3 is 0 Å². The van der Waals surface area contributed by atoms with Crippen molar-refractivity contribution in [2.24, 2.45) is 7.05 Å². The van der Waals surface area contributed by atoms with E-state index in [4.69, 9.17) is 16.6 Å². The lowest BCUT2D eigenvalue weighted by Crippen LogP contribution is -2.05. The van der Waals surface area contributed by atoms with E-state index in [-0.39, 0.29) is 0 Å². The van der Waals surface area contributed by atoms with E-state index in [0.29, 0.717) is 16.9 Å². The SMILES string of the molecule is Cn1ccnc1-c1nc(Cl)c(Br)c(C2CCCC2)n1. The lowest BCUT2D eigenvalue weighted by atomic mass is 10.0. The third-order valence-electron chi connectivity index (χ3n) is 3.60. The van der Waals surface area contributed by atoms with Gasteiger partial charge < -0.3 is 4.57 Å². The summed E-state index contributed by atoms with van der Waals surface area (Å²) >= 11 is 9.75. The highest BCUT2D eigenvalue weighted by Gasteiger charge is 2.24.